The molecule has 0 aliphatic carbocycles. The molecule has 2 aromatic heterocycles. The summed E-state index contributed by atoms with van der Waals surface area (Å²) in [5.74, 6) is -3.80. The van der Waals surface area contributed by atoms with Crippen molar-refractivity contribution < 1.29 is 67.7 Å². The number of esters is 3. The Labute approximate surface area is 395 Å². The summed E-state index contributed by atoms with van der Waals surface area (Å²) in [6, 6.07) is 14.4. The van der Waals surface area contributed by atoms with E-state index in [2.05, 4.69) is 63.3 Å². The number of H-pyrrole nitrogens is 2. The first-order valence-electron chi connectivity index (χ1n) is 20.7. The van der Waals surface area contributed by atoms with Gasteiger partial charge in [-0.1, -0.05) is 75.4 Å². The fourth-order valence-electron chi connectivity index (χ4n) is 4.92. The molecule has 0 unspecified atom stereocenters. The van der Waals surface area contributed by atoms with Crippen LogP contribution in [-0.2, 0) is 66.0 Å². The molecule has 0 atom stereocenters. The third kappa shape index (κ3) is 17.7. The highest BCUT2D eigenvalue weighted by Gasteiger charge is 2.36. The summed E-state index contributed by atoms with van der Waals surface area (Å²) >= 11 is 0. The minimum Gasteiger partial charge on any atom is -0.464 e. The molecule has 0 amide bonds. The second kappa shape index (κ2) is 26.3. The number of hydrogen-bond acceptors (Lipinski definition) is 19. The number of nitrogens with one attached hydrogen (secondary N) is 2. The Morgan fingerprint density at radius 2 is 1.01 bits per heavy atom. The van der Waals surface area contributed by atoms with Gasteiger partial charge < -0.3 is 46.4 Å². The topological polar surface area (TPSA) is 285 Å². The molecule has 24 heteroatoms. The highest BCUT2D eigenvalue weighted by molar-refractivity contribution is 7.87. The minimum atomic E-state index is -4.38. The number of ether oxygens (including phenoxy) is 5. The third-order valence-corrected chi connectivity index (χ3v) is 16.5. The van der Waals surface area contributed by atoms with Crippen LogP contribution in [0.5, 0.6) is 11.5 Å². The first-order chi connectivity index (χ1) is 32.0. The van der Waals surface area contributed by atoms with Gasteiger partial charge in [0.25, 0.3) is 11.1 Å². The van der Waals surface area contributed by atoms with Gasteiger partial charge in [-0.2, -0.15) is 16.8 Å². The summed E-state index contributed by atoms with van der Waals surface area (Å²) in [6.45, 7) is 13.7. The van der Waals surface area contributed by atoms with Crippen molar-refractivity contribution in [2.75, 3.05) is 53.9 Å². The number of aromatic amines is 2. The Hall–Kier alpha value is -6.31. The van der Waals surface area contributed by atoms with Crippen molar-refractivity contribution in [1.82, 2.24) is 19.9 Å². The molecule has 4 aromatic rings. The maximum Gasteiger partial charge on any atom is 0.360 e. The van der Waals surface area contributed by atoms with Crippen LogP contribution in [0.1, 0.15) is 60.3 Å². The van der Waals surface area contributed by atoms with E-state index in [0.29, 0.717) is 13.2 Å². The fourth-order valence-corrected chi connectivity index (χ4v) is 7.79. The van der Waals surface area contributed by atoms with E-state index in [4.69, 9.17) is 27.0 Å². The number of rotatable bonds is 23. The Morgan fingerprint density at radius 1 is 0.632 bits per heavy atom. The smallest absolute Gasteiger partial charge is 0.360 e. The van der Waals surface area contributed by atoms with E-state index in [-0.39, 0.29) is 65.7 Å². The molecule has 0 bridgehead atoms. The quantitative estimate of drug-likeness (QED) is 0.0259. The molecule has 2 N–H and O–H groups in total. The minimum absolute atomic E-state index is 0.0729. The molecular formula is C44H56N4O17S2Si. The van der Waals surface area contributed by atoms with Crippen molar-refractivity contribution in [1.29, 1.82) is 0 Å². The van der Waals surface area contributed by atoms with Crippen molar-refractivity contribution in [2.24, 2.45) is 0 Å². The van der Waals surface area contributed by atoms with Gasteiger partial charge in [0.2, 0.25) is 11.5 Å². The number of benzene rings is 2. The summed E-state index contributed by atoms with van der Waals surface area (Å²) < 4.78 is 90.8. The van der Waals surface area contributed by atoms with Gasteiger partial charge in [0.1, 0.15) is 28.0 Å². The Kier molecular flexibility index (Phi) is 21.7. The van der Waals surface area contributed by atoms with Crippen LogP contribution in [0.15, 0.2) is 104 Å². The number of hydrogen-bond donors (Lipinski definition) is 2. The van der Waals surface area contributed by atoms with Crippen molar-refractivity contribution in [2.45, 2.75) is 68.5 Å². The van der Waals surface area contributed by atoms with Crippen LogP contribution >= 0.6 is 0 Å². The summed E-state index contributed by atoms with van der Waals surface area (Å²) in [6.07, 6.45) is 7.27. The molecule has 0 spiro atoms. The largest absolute Gasteiger partial charge is 0.464 e. The predicted octanol–water partition coefficient (Wildman–Crippen LogP) is 4.46. The van der Waals surface area contributed by atoms with Crippen LogP contribution in [0, 0.1) is 0 Å². The lowest BCUT2D eigenvalue weighted by Gasteiger charge is -2.35. The van der Waals surface area contributed by atoms with Crippen LogP contribution in [0.3, 0.4) is 0 Å². The summed E-state index contributed by atoms with van der Waals surface area (Å²) in [7, 11) is -8.41. The van der Waals surface area contributed by atoms with Crippen molar-refractivity contribution in [3.8, 4) is 11.5 Å². The first kappa shape index (κ1) is 56.0. The van der Waals surface area contributed by atoms with Gasteiger partial charge in [0, 0.05) is 19.8 Å². The van der Waals surface area contributed by atoms with Gasteiger partial charge in [0.05, 0.1) is 47.3 Å². The monoisotopic (exact) mass is 1000 g/mol. The standard InChI is InChI=1S/C24H34N2O8SSi.C20H22N2O9S/c1-24(2,3)36(5,6)33-16-11-10-15-32-17-14-19-25-20(23(28)31-4)21(22(27)26-19)34-35(29,30)18-12-8-7-9-13-18;1-14(23)30-12-7-6-11-29-13-10-16-21-17(20(25)28-2)18(19(24)22-16)31-32(26,27)15-8-4-3-5-9-15/h7-13H,14-17H2,1-6H3,(H,25,26,27);3-9H,10-13H2,1-2H3,(H,21,22,24)/b11-10-;7-6-. The van der Waals surface area contributed by atoms with E-state index < -0.39 is 80.5 Å². The SMILES string of the molecule is COC(=O)c1nc(CCOC/C=C\COC(C)=O)[nH]c(=O)c1OS(=O)(=O)c1ccccc1.COC(=O)c1nc(CCOC/C=C\CO[Si](C)(C)C(C)(C)C)[nH]c(=O)c1OS(=O)(=O)c1ccccc1. The number of methoxy groups -OCH3 is 2. The first-order valence-corrected chi connectivity index (χ1v) is 26.4. The van der Waals surface area contributed by atoms with E-state index in [0.717, 1.165) is 14.2 Å². The molecule has 0 saturated carbocycles. The lowest BCUT2D eigenvalue weighted by molar-refractivity contribution is -0.139. The molecule has 0 aliphatic rings. The van der Waals surface area contributed by atoms with Crippen LogP contribution in [0.25, 0.3) is 0 Å². The molecule has 21 nitrogen and oxygen atoms in total. The van der Waals surface area contributed by atoms with Crippen LogP contribution in [0.2, 0.25) is 18.1 Å². The van der Waals surface area contributed by atoms with Gasteiger partial charge in [-0.05, 0) is 48.5 Å². The van der Waals surface area contributed by atoms with Crippen LogP contribution < -0.4 is 19.5 Å². The lowest BCUT2D eigenvalue weighted by atomic mass is 10.2. The van der Waals surface area contributed by atoms with Crippen molar-refractivity contribution >= 4 is 46.5 Å². The average molecular weight is 1010 g/mol. The number of aromatic nitrogens is 4. The zero-order chi connectivity index (χ0) is 50.5. The van der Waals surface area contributed by atoms with E-state index in [9.17, 15) is 40.8 Å². The molecule has 4 rings (SSSR count). The molecular weight excluding hydrogens is 949 g/mol. The van der Waals surface area contributed by atoms with Gasteiger partial charge in [-0.25, -0.2) is 19.6 Å². The molecule has 2 heterocycles. The molecule has 68 heavy (non-hydrogen) atoms. The number of carbonyl (C=O) groups excluding carboxylic acids is 3. The zero-order valence-corrected chi connectivity index (χ0v) is 41.5. The molecule has 2 aromatic carbocycles. The third-order valence-electron chi connectivity index (χ3n) is 9.52. The van der Waals surface area contributed by atoms with Gasteiger partial charge in [-0.15, -0.1) is 0 Å². The summed E-state index contributed by atoms with van der Waals surface area (Å²) in [4.78, 5) is 72.4. The summed E-state index contributed by atoms with van der Waals surface area (Å²) in [5, 5.41) is 0.136. The second-order valence-electron chi connectivity index (χ2n) is 15.5. The molecule has 370 valence electrons. The number of carbonyl (C=O) groups is 3. The fraction of sp³-hybridized carbons (Fsp3) is 0.386. The lowest BCUT2D eigenvalue weighted by Crippen LogP contribution is -2.40. The van der Waals surface area contributed by atoms with Gasteiger partial charge in [0.15, 0.2) is 19.7 Å². The Balaban J connectivity index is 0.000000363. The Morgan fingerprint density at radius 3 is 1.38 bits per heavy atom. The van der Waals surface area contributed by atoms with Crippen molar-refractivity contribution in [3.63, 3.8) is 0 Å². The average Bonchev–Trinajstić information content (AvgIpc) is 3.29. The maximum atomic E-state index is 12.6. The molecule has 0 radical (unpaired) electrons. The van der Waals surface area contributed by atoms with E-state index in [1.807, 2.05) is 12.2 Å². The normalized spacial score (nSPS) is 12.0. The van der Waals surface area contributed by atoms with Crippen molar-refractivity contribution in [3.05, 3.63) is 129 Å². The maximum absolute atomic E-state index is 12.6. The van der Waals surface area contributed by atoms with Gasteiger partial charge in [-0.3, -0.25) is 14.4 Å². The highest BCUT2D eigenvalue weighted by Crippen LogP contribution is 2.36. The van der Waals surface area contributed by atoms with Gasteiger partial charge >= 0.3 is 38.1 Å². The molecule has 0 saturated heterocycles. The van der Waals surface area contributed by atoms with Crippen LogP contribution in [0.4, 0.5) is 0 Å². The Bertz CT molecular complexity index is 2720. The van der Waals surface area contributed by atoms with Crippen LogP contribution in [-0.4, -0.2) is 117 Å². The van der Waals surface area contributed by atoms with E-state index in [1.165, 1.54) is 55.5 Å². The second-order valence-corrected chi connectivity index (χ2v) is 23.4. The predicted molar refractivity (Wildman–Crippen MR) is 248 cm³/mol. The molecule has 0 fully saturated rings. The zero-order valence-electron chi connectivity index (χ0n) is 38.9. The number of nitrogens with zero attached hydrogens (tertiary/aromatic N) is 2. The summed E-state index contributed by atoms with van der Waals surface area (Å²) in [5.41, 5.74) is -3.01. The molecule has 0 aliphatic heterocycles. The van der Waals surface area contributed by atoms with E-state index in [1.54, 1.807) is 24.3 Å². The van der Waals surface area contributed by atoms with E-state index >= 15 is 0 Å². The highest BCUT2D eigenvalue weighted by atomic mass is 32.2.